The highest BCUT2D eigenvalue weighted by molar-refractivity contribution is 7.19. The van der Waals surface area contributed by atoms with Gasteiger partial charge in [0.05, 0.1) is 15.1 Å². The van der Waals surface area contributed by atoms with E-state index in [4.69, 9.17) is 0 Å². The van der Waals surface area contributed by atoms with Gasteiger partial charge in [0, 0.05) is 38.3 Å². The van der Waals surface area contributed by atoms with Crippen LogP contribution in [0, 0.1) is 10.1 Å². The molecule has 1 amide bonds. The summed E-state index contributed by atoms with van der Waals surface area (Å²) < 4.78 is 1.09. The van der Waals surface area contributed by atoms with Crippen LogP contribution in [-0.2, 0) is 4.79 Å². The molecule has 8 heteroatoms. The fraction of sp³-hybridized carbons (Fsp3) is 0.200. The van der Waals surface area contributed by atoms with Gasteiger partial charge in [-0.15, -0.1) is 11.3 Å². The molecule has 1 saturated heterocycles. The molecule has 1 aromatic heterocycles. The predicted molar refractivity (Wildman–Crippen MR) is 111 cm³/mol. The molecular formula is C20H18N4O3S. The molecule has 0 bridgehead atoms. The van der Waals surface area contributed by atoms with Gasteiger partial charge in [0.2, 0.25) is 5.91 Å². The van der Waals surface area contributed by atoms with E-state index in [0.29, 0.717) is 31.9 Å². The molecule has 2 heterocycles. The van der Waals surface area contributed by atoms with E-state index in [0.717, 1.165) is 15.2 Å². The Morgan fingerprint density at radius 3 is 2.54 bits per heavy atom. The van der Waals surface area contributed by atoms with Gasteiger partial charge in [-0.25, -0.2) is 4.98 Å². The summed E-state index contributed by atoms with van der Waals surface area (Å²) in [5, 5.41) is 12.0. The molecule has 1 aliphatic heterocycles. The van der Waals surface area contributed by atoms with E-state index < -0.39 is 0 Å². The second kappa shape index (κ2) is 7.77. The Morgan fingerprint density at radius 1 is 1.07 bits per heavy atom. The topological polar surface area (TPSA) is 79.6 Å². The number of hydrogen-bond acceptors (Lipinski definition) is 6. The standard InChI is InChI=1S/C20H18N4O3S/c25-20(10-9-19-21-15-5-1-4-8-18(15)28-19)23-13-11-22(12-14-23)16-6-2-3-7-17(16)24(26)27/h1-10H,11-14H2/b10-9+. The molecule has 0 aliphatic carbocycles. The molecule has 4 rings (SSSR count). The molecule has 0 saturated carbocycles. The summed E-state index contributed by atoms with van der Waals surface area (Å²) in [4.78, 5) is 31.6. The number of carbonyl (C=O) groups excluding carboxylic acids is 1. The van der Waals surface area contributed by atoms with E-state index >= 15 is 0 Å². The van der Waals surface area contributed by atoms with Gasteiger partial charge >= 0.3 is 0 Å². The number of rotatable bonds is 4. The normalized spacial score (nSPS) is 14.7. The summed E-state index contributed by atoms with van der Waals surface area (Å²) in [5.74, 6) is -0.0681. The van der Waals surface area contributed by atoms with Crippen molar-refractivity contribution in [3.63, 3.8) is 0 Å². The molecule has 2 aromatic carbocycles. The van der Waals surface area contributed by atoms with E-state index in [2.05, 4.69) is 4.98 Å². The van der Waals surface area contributed by atoms with Crippen LogP contribution in [0.2, 0.25) is 0 Å². The number of carbonyl (C=O) groups is 1. The van der Waals surface area contributed by atoms with Crippen molar-refractivity contribution in [2.24, 2.45) is 0 Å². The van der Waals surface area contributed by atoms with Gasteiger partial charge in [-0.2, -0.15) is 0 Å². The second-order valence-corrected chi connectivity index (χ2v) is 7.47. The van der Waals surface area contributed by atoms with E-state index in [-0.39, 0.29) is 16.5 Å². The number of hydrogen-bond donors (Lipinski definition) is 0. The highest BCUT2D eigenvalue weighted by atomic mass is 32.1. The van der Waals surface area contributed by atoms with E-state index in [1.54, 1.807) is 46.6 Å². The third-order valence-corrected chi connectivity index (χ3v) is 5.69. The number of nitrogens with zero attached hydrogens (tertiary/aromatic N) is 4. The van der Waals surface area contributed by atoms with Crippen molar-refractivity contribution in [2.75, 3.05) is 31.1 Å². The van der Waals surface area contributed by atoms with Crippen LogP contribution < -0.4 is 4.90 Å². The Labute approximate surface area is 165 Å². The molecule has 0 atom stereocenters. The number of anilines is 1. The minimum absolute atomic E-state index is 0.0681. The number of para-hydroxylation sites is 3. The van der Waals surface area contributed by atoms with Gasteiger partial charge in [-0.1, -0.05) is 24.3 Å². The Hall–Kier alpha value is -3.26. The molecule has 1 fully saturated rings. The zero-order valence-electron chi connectivity index (χ0n) is 15.0. The zero-order valence-corrected chi connectivity index (χ0v) is 15.8. The van der Waals surface area contributed by atoms with Gasteiger partial charge in [-0.05, 0) is 24.3 Å². The smallest absolute Gasteiger partial charge is 0.292 e. The van der Waals surface area contributed by atoms with Crippen LogP contribution >= 0.6 is 11.3 Å². The lowest BCUT2D eigenvalue weighted by Crippen LogP contribution is -2.48. The quantitative estimate of drug-likeness (QED) is 0.384. The van der Waals surface area contributed by atoms with Gasteiger partial charge in [-0.3, -0.25) is 14.9 Å². The molecular weight excluding hydrogens is 376 g/mol. The summed E-state index contributed by atoms with van der Waals surface area (Å²) in [6.07, 6.45) is 3.31. The summed E-state index contributed by atoms with van der Waals surface area (Å²) in [6, 6.07) is 14.6. The van der Waals surface area contributed by atoms with Gasteiger partial charge in [0.25, 0.3) is 5.69 Å². The minimum Gasteiger partial charge on any atom is -0.362 e. The average molecular weight is 394 g/mol. The monoisotopic (exact) mass is 394 g/mol. The first-order valence-electron chi connectivity index (χ1n) is 8.93. The highest BCUT2D eigenvalue weighted by Gasteiger charge is 2.24. The third kappa shape index (κ3) is 3.72. The molecule has 7 nitrogen and oxygen atoms in total. The number of thiazole rings is 1. The zero-order chi connectivity index (χ0) is 19.5. The predicted octanol–water partition coefficient (Wildman–Crippen LogP) is 3.57. The van der Waals surface area contributed by atoms with Gasteiger partial charge < -0.3 is 9.80 Å². The van der Waals surface area contributed by atoms with Crippen molar-refractivity contribution in [3.8, 4) is 0 Å². The fourth-order valence-corrected chi connectivity index (χ4v) is 4.13. The van der Waals surface area contributed by atoms with Crippen LogP contribution in [0.5, 0.6) is 0 Å². The summed E-state index contributed by atoms with van der Waals surface area (Å²) in [6.45, 7) is 2.17. The first-order chi connectivity index (χ1) is 13.6. The molecule has 28 heavy (non-hydrogen) atoms. The summed E-state index contributed by atoms with van der Waals surface area (Å²) >= 11 is 1.55. The lowest BCUT2D eigenvalue weighted by Gasteiger charge is -2.35. The summed E-state index contributed by atoms with van der Waals surface area (Å²) in [5.41, 5.74) is 1.63. The van der Waals surface area contributed by atoms with Crippen molar-refractivity contribution in [1.82, 2.24) is 9.88 Å². The number of nitro groups is 1. The fourth-order valence-electron chi connectivity index (χ4n) is 3.26. The number of amides is 1. The Kier molecular flexibility index (Phi) is 5.03. The van der Waals surface area contributed by atoms with Crippen molar-refractivity contribution in [3.05, 3.63) is 69.7 Å². The third-order valence-electron chi connectivity index (χ3n) is 4.69. The molecule has 3 aromatic rings. The van der Waals surface area contributed by atoms with Gasteiger partial charge in [0.1, 0.15) is 10.7 Å². The lowest BCUT2D eigenvalue weighted by molar-refractivity contribution is -0.384. The minimum atomic E-state index is -0.367. The second-order valence-electron chi connectivity index (χ2n) is 6.41. The molecule has 142 valence electrons. The summed E-state index contributed by atoms with van der Waals surface area (Å²) in [7, 11) is 0. The number of benzene rings is 2. The number of fused-ring (bicyclic) bond motifs is 1. The maximum Gasteiger partial charge on any atom is 0.292 e. The maximum absolute atomic E-state index is 12.5. The van der Waals surface area contributed by atoms with Crippen molar-refractivity contribution >= 4 is 44.9 Å². The van der Waals surface area contributed by atoms with Crippen molar-refractivity contribution < 1.29 is 9.72 Å². The largest absolute Gasteiger partial charge is 0.362 e. The van der Waals surface area contributed by atoms with Gasteiger partial charge in [0.15, 0.2) is 0 Å². The Balaban J connectivity index is 1.39. The Morgan fingerprint density at radius 2 is 1.79 bits per heavy atom. The first kappa shape index (κ1) is 18.1. The van der Waals surface area contributed by atoms with Crippen LogP contribution in [0.3, 0.4) is 0 Å². The van der Waals surface area contributed by atoms with Crippen molar-refractivity contribution in [1.29, 1.82) is 0 Å². The van der Waals surface area contributed by atoms with Crippen LogP contribution in [0.1, 0.15) is 5.01 Å². The highest BCUT2D eigenvalue weighted by Crippen LogP contribution is 2.28. The first-order valence-corrected chi connectivity index (χ1v) is 9.74. The van der Waals surface area contributed by atoms with Crippen LogP contribution in [0.25, 0.3) is 16.3 Å². The molecule has 0 unspecified atom stereocenters. The van der Waals surface area contributed by atoms with Crippen LogP contribution in [0.4, 0.5) is 11.4 Å². The number of nitro benzene ring substituents is 1. The average Bonchev–Trinajstić information content (AvgIpc) is 3.15. The van der Waals surface area contributed by atoms with E-state index in [1.807, 2.05) is 29.2 Å². The van der Waals surface area contributed by atoms with Crippen molar-refractivity contribution in [2.45, 2.75) is 0 Å². The lowest BCUT2D eigenvalue weighted by atomic mass is 10.2. The Bertz CT molecular complexity index is 1020. The molecule has 0 radical (unpaired) electrons. The van der Waals surface area contributed by atoms with Crippen LogP contribution in [0.15, 0.2) is 54.6 Å². The SMILES string of the molecule is O=C(/C=C/c1nc2ccccc2s1)N1CCN(c2ccccc2[N+](=O)[O-])CC1. The molecule has 0 N–H and O–H groups in total. The number of aromatic nitrogens is 1. The number of piperazine rings is 1. The van der Waals surface area contributed by atoms with E-state index in [1.165, 1.54) is 6.07 Å². The maximum atomic E-state index is 12.5. The molecule has 1 aliphatic rings. The van der Waals surface area contributed by atoms with E-state index in [9.17, 15) is 14.9 Å². The van der Waals surface area contributed by atoms with Crippen LogP contribution in [-0.4, -0.2) is 46.9 Å². The molecule has 0 spiro atoms.